The Kier molecular flexibility index (Phi) is 5.57. The average molecular weight is 285 g/mol. The molecule has 2 rings (SSSR count). The molecule has 0 amide bonds. The van der Waals surface area contributed by atoms with Crippen LogP contribution in [-0.2, 0) is 6.42 Å². The fraction of sp³-hybridized carbons (Fsp3) is 0.500. The quantitative estimate of drug-likeness (QED) is 0.840. The van der Waals surface area contributed by atoms with E-state index in [-0.39, 0.29) is 0 Å². The molecule has 1 aromatic carbocycles. The Bertz CT molecular complexity index is 542. The van der Waals surface area contributed by atoms with Crippen LogP contribution in [0.3, 0.4) is 0 Å². The zero-order valence-corrected chi connectivity index (χ0v) is 13.6. The molecule has 2 atom stereocenters. The molecule has 21 heavy (non-hydrogen) atoms. The summed E-state index contributed by atoms with van der Waals surface area (Å²) in [4.78, 5) is 0. The van der Waals surface area contributed by atoms with E-state index in [4.69, 9.17) is 5.10 Å². The average Bonchev–Trinajstić information content (AvgIpc) is 2.95. The Morgan fingerprint density at radius 1 is 1.19 bits per heavy atom. The molecular formula is C18H27N3. The Hall–Kier alpha value is -1.61. The SMILES string of the molecule is CCC(C)n1ccc(CC(CNC)c2ccc(C)cc2)n1. The lowest BCUT2D eigenvalue weighted by molar-refractivity contribution is 0.471. The van der Waals surface area contributed by atoms with E-state index in [1.54, 1.807) is 0 Å². The minimum Gasteiger partial charge on any atom is -0.319 e. The molecule has 3 nitrogen and oxygen atoms in total. The van der Waals surface area contributed by atoms with E-state index in [0.717, 1.165) is 19.4 Å². The van der Waals surface area contributed by atoms with Crippen LogP contribution in [0.5, 0.6) is 0 Å². The van der Waals surface area contributed by atoms with Gasteiger partial charge in [0.1, 0.15) is 0 Å². The number of aryl methyl sites for hydroxylation is 1. The maximum absolute atomic E-state index is 4.74. The van der Waals surface area contributed by atoms with Gasteiger partial charge in [-0.1, -0.05) is 36.8 Å². The highest BCUT2D eigenvalue weighted by molar-refractivity contribution is 5.26. The van der Waals surface area contributed by atoms with Gasteiger partial charge >= 0.3 is 0 Å². The third kappa shape index (κ3) is 4.18. The standard InChI is InChI=1S/C18H27N3/c1-5-15(3)21-11-10-18(20-21)12-17(13-19-4)16-8-6-14(2)7-9-16/h6-11,15,17,19H,5,12-13H2,1-4H3. The van der Waals surface area contributed by atoms with Crippen molar-refractivity contribution in [2.45, 2.75) is 45.6 Å². The molecule has 1 N–H and O–H groups in total. The van der Waals surface area contributed by atoms with Crippen LogP contribution in [0.25, 0.3) is 0 Å². The summed E-state index contributed by atoms with van der Waals surface area (Å²) < 4.78 is 2.08. The van der Waals surface area contributed by atoms with Gasteiger partial charge in [-0.2, -0.15) is 5.10 Å². The lowest BCUT2D eigenvalue weighted by Crippen LogP contribution is -2.19. The van der Waals surface area contributed by atoms with Crippen LogP contribution in [0, 0.1) is 6.92 Å². The maximum Gasteiger partial charge on any atom is 0.0631 e. The molecule has 0 saturated carbocycles. The first-order valence-electron chi connectivity index (χ1n) is 7.89. The molecule has 2 aromatic rings. The molecule has 0 aliphatic rings. The number of hydrogen-bond acceptors (Lipinski definition) is 2. The van der Waals surface area contributed by atoms with Gasteiger partial charge in [-0.25, -0.2) is 0 Å². The summed E-state index contributed by atoms with van der Waals surface area (Å²) in [5.74, 6) is 0.468. The van der Waals surface area contributed by atoms with Crippen molar-refractivity contribution in [3.8, 4) is 0 Å². The molecule has 0 bridgehead atoms. The van der Waals surface area contributed by atoms with Crippen molar-refractivity contribution in [1.29, 1.82) is 0 Å². The fourth-order valence-corrected chi connectivity index (χ4v) is 2.56. The number of aromatic nitrogens is 2. The zero-order chi connectivity index (χ0) is 15.2. The Morgan fingerprint density at radius 2 is 1.90 bits per heavy atom. The van der Waals surface area contributed by atoms with Crippen LogP contribution in [0.2, 0.25) is 0 Å². The molecule has 0 saturated heterocycles. The molecule has 0 spiro atoms. The van der Waals surface area contributed by atoms with Crippen molar-refractivity contribution >= 4 is 0 Å². The van der Waals surface area contributed by atoms with Gasteiger partial charge in [-0.15, -0.1) is 0 Å². The summed E-state index contributed by atoms with van der Waals surface area (Å²) >= 11 is 0. The van der Waals surface area contributed by atoms with E-state index in [0.29, 0.717) is 12.0 Å². The molecule has 114 valence electrons. The molecule has 1 heterocycles. The first kappa shape index (κ1) is 15.8. The summed E-state index contributed by atoms with van der Waals surface area (Å²) in [6.07, 6.45) is 4.20. The lowest BCUT2D eigenvalue weighted by atomic mass is 9.93. The van der Waals surface area contributed by atoms with E-state index in [2.05, 4.69) is 67.3 Å². The van der Waals surface area contributed by atoms with E-state index in [1.807, 2.05) is 7.05 Å². The van der Waals surface area contributed by atoms with Crippen LogP contribution >= 0.6 is 0 Å². The molecular weight excluding hydrogens is 258 g/mol. The van der Waals surface area contributed by atoms with E-state index < -0.39 is 0 Å². The van der Waals surface area contributed by atoms with Crippen molar-refractivity contribution in [2.75, 3.05) is 13.6 Å². The molecule has 0 radical (unpaired) electrons. The van der Waals surface area contributed by atoms with Gasteiger partial charge < -0.3 is 5.32 Å². The second-order valence-electron chi connectivity index (χ2n) is 5.91. The first-order chi connectivity index (χ1) is 10.1. The summed E-state index contributed by atoms with van der Waals surface area (Å²) in [6.45, 7) is 7.51. The van der Waals surface area contributed by atoms with Gasteiger partial charge in [0.2, 0.25) is 0 Å². The molecule has 2 unspecified atom stereocenters. The van der Waals surface area contributed by atoms with Crippen LogP contribution in [-0.4, -0.2) is 23.4 Å². The summed E-state index contributed by atoms with van der Waals surface area (Å²) in [5.41, 5.74) is 3.87. The Balaban J connectivity index is 2.12. The number of nitrogens with one attached hydrogen (secondary N) is 1. The van der Waals surface area contributed by atoms with Crippen LogP contribution < -0.4 is 5.32 Å². The van der Waals surface area contributed by atoms with Gasteiger partial charge in [0.25, 0.3) is 0 Å². The van der Waals surface area contributed by atoms with Crippen molar-refractivity contribution in [3.63, 3.8) is 0 Å². The van der Waals surface area contributed by atoms with Crippen molar-refractivity contribution in [3.05, 3.63) is 53.3 Å². The third-order valence-corrected chi connectivity index (χ3v) is 4.16. The van der Waals surface area contributed by atoms with E-state index in [1.165, 1.54) is 16.8 Å². The Labute approximate surface area is 128 Å². The lowest BCUT2D eigenvalue weighted by Gasteiger charge is -2.16. The second-order valence-corrected chi connectivity index (χ2v) is 5.91. The normalized spacial score (nSPS) is 14.1. The van der Waals surface area contributed by atoms with Gasteiger partial charge in [0.15, 0.2) is 0 Å². The number of hydrogen-bond donors (Lipinski definition) is 1. The number of rotatable bonds is 7. The van der Waals surface area contributed by atoms with Gasteiger partial charge in [0.05, 0.1) is 5.69 Å². The van der Waals surface area contributed by atoms with Crippen molar-refractivity contribution < 1.29 is 0 Å². The number of likely N-dealkylation sites (N-methyl/N-ethyl adjacent to an activating group) is 1. The molecule has 3 heteroatoms. The van der Waals surface area contributed by atoms with Gasteiger partial charge in [-0.05, 0) is 45.4 Å². The zero-order valence-electron chi connectivity index (χ0n) is 13.6. The number of nitrogens with zero attached hydrogens (tertiary/aromatic N) is 2. The monoisotopic (exact) mass is 285 g/mol. The summed E-state index contributed by atoms with van der Waals surface area (Å²) in [6, 6.07) is 11.5. The molecule has 0 aliphatic carbocycles. The van der Waals surface area contributed by atoms with Crippen LogP contribution in [0.15, 0.2) is 36.5 Å². The molecule has 0 fully saturated rings. The molecule has 0 aliphatic heterocycles. The number of benzene rings is 1. The molecule has 1 aromatic heterocycles. The maximum atomic E-state index is 4.74. The Morgan fingerprint density at radius 3 is 2.52 bits per heavy atom. The third-order valence-electron chi connectivity index (χ3n) is 4.16. The van der Waals surface area contributed by atoms with Crippen LogP contribution in [0.4, 0.5) is 0 Å². The topological polar surface area (TPSA) is 29.9 Å². The van der Waals surface area contributed by atoms with Crippen LogP contribution in [0.1, 0.15) is 49.0 Å². The first-order valence-corrected chi connectivity index (χ1v) is 7.89. The smallest absolute Gasteiger partial charge is 0.0631 e. The second kappa shape index (κ2) is 7.41. The van der Waals surface area contributed by atoms with Crippen molar-refractivity contribution in [2.24, 2.45) is 0 Å². The summed E-state index contributed by atoms with van der Waals surface area (Å²) in [5, 5.41) is 8.04. The largest absolute Gasteiger partial charge is 0.319 e. The minimum atomic E-state index is 0.468. The fourth-order valence-electron chi connectivity index (χ4n) is 2.56. The summed E-state index contributed by atoms with van der Waals surface area (Å²) in [7, 11) is 2.01. The minimum absolute atomic E-state index is 0.468. The highest BCUT2D eigenvalue weighted by atomic mass is 15.3. The predicted octanol–water partition coefficient (Wildman–Crippen LogP) is 3.71. The highest BCUT2D eigenvalue weighted by Gasteiger charge is 2.14. The van der Waals surface area contributed by atoms with E-state index >= 15 is 0 Å². The van der Waals surface area contributed by atoms with Gasteiger partial charge in [0, 0.05) is 24.7 Å². The predicted molar refractivity (Wildman–Crippen MR) is 88.8 cm³/mol. The van der Waals surface area contributed by atoms with Gasteiger partial charge in [-0.3, -0.25) is 4.68 Å². The highest BCUT2D eigenvalue weighted by Crippen LogP contribution is 2.21. The van der Waals surface area contributed by atoms with Crippen molar-refractivity contribution in [1.82, 2.24) is 15.1 Å². The van der Waals surface area contributed by atoms with E-state index in [9.17, 15) is 0 Å².